The Morgan fingerprint density at radius 2 is 1.79 bits per heavy atom. The van der Waals surface area contributed by atoms with Crippen LogP contribution >= 0.6 is 12.4 Å². The zero-order valence-electron chi connectivity index (χ0n) is 12.4. The zero-order chi connectivity index (χ0) is 13.9. The molecular weight excluding hydrogens is 260 g/mol. The van der Waals surface area contributed by atoms with Gasteiger partial charge in [-0.15, -0.1) is 12.4 Å². The minimum Gasteiger partial charge on any atom is -0.348 e. The molecule has 4 heteroatoms. The van der Waals surface area contributed by atoms with Gasteiger partial charge in [0.1, 0.15) is 0 Å². The van der Waals surface area contributed by atoms with Crippen molar-refractivity contribution in [2.24, 2.45) is 11.7 Å². The van der Waals surface area contributed by atoms with Crippen molar-refractivity contribution >= 4 is 18.3 Å². The van der Waals surface area contributed by atoms with Crippen molar-refractivity contribution < 1.29 is 4.79 Å². The van der Waals surface area contributed by atoms with Crippen molar-refractivity contribution in [1.82, 2.24) is 5.32 Å². The van der Waals surface area contributed by atoms with Crippen LogP contribution in [0.25, 0.3) is 0 Å². The van der Waals surface area contributed by atoms with Gasteiger partial charge in [-0.3, -0.25) is 4.79 Å². The summed E-state index contributed by atoms with van der Waals surface area (Å²) in [7, 11) is 0. The summed E-state index contributed by atoms with van der Waals surface area (Å²) in [4.78, 5) is 11.9. The van der Waals surface area contributed by atoms with E-state index < -0.39 is 6.04 Å². The molecule has 0 radical (unpaired) electrons. The van der Waals surface area contributed by atoms with Gasteiger partial charge in [0.25, 0.3) is 0 Å². The Labute approximate surface area is 122 Å². The first kappa shape index (κ1) is 17.9. The van der Waals surface area contributed by atoms with Crippen LogP contribution in [0.15, 0.2) is 18.2 Å². The van der Waals surface area contributed by atoms with Crippen LogP contribution in [0.5, 0.6) is 0 Å². The van der Waals surface area contributed by atoms with Gasteiger partial charge >= 0.3 is 0 Å². The van der Waals surface area contributed by atoms with Gasteiger partial charge in [0.05, 0.1) is 12.1 Å². The number of nitrogens with one attached hydrogen (secondary N) is 1. The van der Waals surface area contributed by atoms with Gasteiger partial charge in [-0.05, 0) is 37.8 Å². The molecule has 0 heterocycles. The second-order valence-electron chi connectivity index (χ2n) is 5.36. The van der Waals surface area contributed by atoms with E-state index in [9.17, 15) is 4.79 Å². The Kier molecular flexibility index (Phi) is 7.09. The molecule has 0 aliphatic heterocycles. The third-order valence-corrected chi connectivity index (χ3v) is 3.27. The van der Waals surface area contributed by atoms with Crippen LogP contribution in [-0.4, -0.2) is 11.9 Å². The van der Waals surface area contributed by atoms with E-state index in [0.29, 0.717) is 0 Å². The van der Waals surface area contributed by atoms with Crippen molar-refractivity contribution in [1.29, 1.82) is 0 Å². The molecule has 0 spiro atoms. The minimum absolute atomic E-state index is 0. The van der Waals surface area contributed by atoms with E-state index in [4.69, 9.17) is 5.73 Å². The number of hydrogen-bond donors (Lipinski definition) is 2. The van der Waals surface area contributed by atoms with E-state index in [1.54, 1.807) is 0 Å². The van der Waals surface area contributed by atoms with Crippen molar-refractivity contribution in [2.75, 3.05) is 0 Å². The number of rotatable bonds is 4. The predicted molar refractivity (Wildman–Crippen MR) is 82.5 cm³/mol. The Bertz CT molecular complexity index is 432. The highest BCUT2D eigenvalue weighted by Crippen LogP contribution is 2.18. The Morgan fingerprint density at radius 3 is 2.26 bits per heavy atom. The van der Waals surface area contributed by atoms with Crippen molar-refractivity contribution in [3.63, 3.8) is 0 Å². The molecule has 108 valence electrons. The van der Waals surface area contributed by atoms with Crippen LogP contribution < -0.4 is 11.1 Å². The highest BCUT2D eigenvalue weighted by molar-refractivity contribution is 5.85. The summed E-state index contributed by atoms with van der Waals surface area (Å²) in [5.74, 6) is 0.0637. The number of amides is 1. The lowest BCUT2D eigenvalue weighted by Crippen LogP contribution is -2.44. The van der Waals surface area contributed by atoms with E-state index in [0.717, 1.165) is 5.56 Å². The molecule has 0 saturated carbocycles. The molecule has 1 aromatic carbocycles. The third-order valence-electron chi connectivity index (χ3n) is 3.27. The zero-order valence-corrected chi connectivity index (χ0v) is 13.2. The maximum absolute atomic E-state index is 11.9. The predicted octanol–water partition coefficient (Wildman–Crippen LogP) is 2.89. The van der Waals surface area contributed by atoms with E-state index in [2.05, 4.69) is 37.4 Å². The molecule has 3 N–H and O–H groups in total. The average molecular weight is 285 g/mol. The second-order valence-corrected chi connectivity index (χ2v) is 5.36. The molecule has 0 fully saturated rings. The molecule has 0 aromatic heterocycles. The van der Waals surface area contributed by atoms with E-state index >= 15 is 0 Å². The standard InChI is InChI=1S/C15H24N2O.ClH/c1-9(2)14(16)15(18)17-12(5)13-7-6-10(3)8-11(13)4;/h6-9,12,14H,16H2,1-5H3,(H,17,18);1H/t12?,14-;/m1./s1. The van der Waals surface area contributed by atoms with Crippen molar-refractivity contribution in [3.05, 3.63) is 34.9 Å². The molecule has 1 unspecified atom stereocenters. The van der Waals surface area contributed by atoms with Crippen LogP contribution in [0.4, 0.5) is 0 Å². The molecule has 0 saturated heterocycles. The van der Waals surface area contributed by atoms with Crippen LogP contribution in [0.3, 0.4) is 0 Å². The van der Waals surface area contributed by atoms with Gasteiger partial charge in [-0.1, -0.05) is 37.6 Å². The highest BCUT2D eigenvalue weighted by Gasteiger charge is 2.19. The number of hydrogen-bond acceptors (Lipinski definition) is 2. The first-order chi connectivity index (χ1) is 8.32. The number of carbonyl (C=O) groups is 1. The fourth-order valence-electron chi connectivity index (χ4n) is 2.00. The first-order valence-corrected chi connectivity index (χ1v) is 6.46. The van der Waals surface area contributed by atoms with Crippen LogP contribution in [0, 0.1) is 19.8 Å². The number of halogens is 1. The lowest BCUT2D eigenvalue weighted by molar-refractivity contribution is -0.123. The fourth-order valence-corrected chi connectivity index (χ4v) is 2.00. The van der Waals surface area contributed by atoms with Gasteiger partial charge < -0.3 is 11.1 Å². The molecule has 3 nitrogen and oxygen atoms in total. The number of benzene rings is 1. The maximum atomic E-state index is 11.9. The number of nitrogens with two attached hydrogens (primary N) is 1. The maximum Gasteiger partial charge on any atom is 0.237 e. The van der Waals surface area contributed by atoms with Crippen LogP contribution in [-0.2, 0) is 4.79 Å². The molecule has 1 rings (SSSR count). The largest absolute Gasteiger partial charge is 0.348 e. The summed E-state index contributed by atoms with van der Waals surface area (Å²) < 4.78 is 0. The smallest absolute Gasteiger partial charge is 0.237 e. The molecule has 1 aromatic rings. The Morgan fingerprint density at radius 1 is 1.21 bits per heavy atom. The lowest BCUT2D eigenvalue weighted by atomic mass is 9.99. The van der Waals surface area contributed by atoms with Gasteiger partial charge in [-0.2, -0.15) is 0 Å². The summed E-state index contributed by atoms with van der Waals surface area (Å²) in [6.07, 6.45) is 0. The molecule has 2 atom stereocenters. The van der Waals surface area contributed by atoms with Crippen LogP contribution in [0.2, 0.25) is 0 Å². The monoisotopic (exact) mass is 284 g/mol. The summed E-state index contributed by atoms with van der Waals surface area (Å²) >= 11 is 0. The van der Waals surface area contributed by atoms with E-state index in [-0.39, 0.29) is 30.3 Å². The van der Waals surface area contributed by atoms with Gasteiger partial charge in [0.15, 0.2) is 0 Å². The summed E-state index contributed by atoms with van der Waals surface area (Å²) in [5, 5.41) is 2.97. The molecule has 1 amide bonds. The molecular formula is C15H25ClN2O. The van der Waals surface area contributed by atoms with E-state index in [1.165, 1.54) is 11.1 Å². The summed E-state index contributed by atoms with van der Waals surface area (Å²) in [6, 6.07) is 5.80. The number of aryl methyl sites for hydroxylation is 2. The highest BCUT2D eigenvalue weighted by atomic mass is 35.5. The molecule has 0 aliphatic rings. The summed E-state index contributed by atoms with van der Waals surface area (Å²) in [5.41, 5.74) is 9.41. The van der Waals surface area contributed by atoms with E-state index in [1.807, 2.05) is 20.8 Å². The van der Waals surface area contributed by atoms with Crippen molar-refractivity contribution in [2.45, 2.75) is 46.7 Å². The Hall–Kier alpha value is -1.06. The minimum atomic E-state index is -0.446. The van der Waals surface area contributed by atoms with Gasteiger partial charge in [0.2, 0.25) is 5.91 Å². The fraction of sp³-hybridized carbons (Fsp3) is 0.533. The average Bonchev–Trinajstić information content (AvgIpc) is 2.27. The van der Waals surface area contributed by atoms with Crippen molar-refractivity contribution in [3.8, 4) is 0 Å². The molecule has 19 heavy (non-hydrogen) atoms. The first-order valence-electron chi connectivity index (χ1n) is 6.46. The SMILES string of the molecule is Cc1ccc(C(C)NC(=O)[C@H](N)C(C)C)c(C)c1.Cl. The van der Waals surface area contributed by atoms with Gasteiger partial charge in [-0.25, -0.2) is 0 Å². The lowest BCUT2D eigenvalue weighted by Gasteiger charge is -2.21. The van der Waals surface area contributed by atoms with Gasteiger partial charge in [0, 0.05) is 0 Å². The normalized spacial score (nSPS) is 13.6. The number of carbonyl (C=O) groups excluding carboxylic acids is 1. The second kappa shape index (κ2) is 7.51. The summed E-state index contributed by atoms with van der Waals surface area (Å²) in [6.45, 7) is 10.0. The molecule has 0 bridgehead atoms. The third kappa shape index (κ3) is 4.84. The van der Waals surface area contributed by atoms with Crippen LogP contribution in [0.1, 0.15) is 43.5 Å². The Balaban J connectivity index is 0.00000324. The molecule has 0 aliphatic carbocycles. The topological polar surface area (TPSA) is 55.1 Å². The quantitative estimate of drug-likeness (QED) is 0.893.